The van der Waals surface area contributed by atoms with Crippen molar-refractivity contribution in [1.82, 2.24) is 20.6 Å². The van der Waals surface area contributed by atoms with Crippen LogP contribution in [0.15, 0.2) is 53.5 Å². The second-order valence-electron chi connectivity index (χ2n) is 5.79. The molecule has 0 radical (unpaired) electrons. The third-order valence-electron chi connectivity index (χ3n) is 3.89. The smallest absolute Gasteiger partial charge is 0.191 e. The Kier molecular flexibility index (Phi) is 8.18. The van der Waals surface area contributed by atoms with Crippen molar-refractivity contribution in [3.63, 3.8) is 0 Å². The molecule has 26 heavy (non-hydrogen) atoms. The molecule has 0 aliphatic heterocycles. The maximum Gasteiger partial charge on any atom is 0.191 e. The zero-order valence-corrected chi connectivity index (χ0v) is 17.7. The molecule has 2 aromatic carbocycles. The van der Waals surface area contributed by atoms with Crippen LogP contribution in [0.1, 0.15) is 17.8 Å². The number of aliphatic imine (C=N–C) groups is 1. The van der Waals surface area contributed by atoms with E-state index in [2.05, 4.69) is 25.6 Å². The predicted octanol–water partition coefficient (Wildman–Crippen LogP) is 4.13. The van der Waals surface area contributed by atoms with Crippen molar-refractivity contribution >= 4 is 52.6 Å². The molecule has 0 saturated carbocycles. The molecule has 0 unspecified atom stereocenters. The van der Waals surface area contributed by atoms with E-state index >= 15 is 0 Å². The number of imidazole rings is 1. The molecule has 0 amide bonds. The van der Waals surface area contributed by atoms with Crippen molar-refractivity contribution in [3.8, 4) is 0 Å². The molecule has 0 spiro atoms. The number of nitrogens with one attached hydrogen (secondary N) is 3. The Morgan fingerprint density at radius 1 is 1.15 bits per heavy atom. The van der Waals surface area contributed by atoms with Crippen molar-refractivity contribution in [3.05, 3.63) is 64.9 Å². The highest BCUT2D eigenvalue weighted by molar-refractivity contribution is 14.0. The summed E-state index contributed by atoms with van der Waals surface area (Å²) in [4.78, 5) is 12.2. The first-order chi connectivity index (χ1) is 12.2. The summed E-state index contributed by atoms with van der Waals surface area (Å²) in [5.41, 5.74) is 3.23. The first kappa shape index (κ1) is 20.5. The van der Waals surface area contributed by atoms with Gasteiger partial charge in [0.2, 0.25) is 0 Å². The van der Waals surface area contributed by atoms with Crippen molar-refractivity contribution in [2.24, 2.45) is 4.99 Å². The van der Waals surface area contributed by atoms with Gasteiger partial charge in [-0.2, -0.15) is 0 Å². The van der Waals surface area contributed by atoms with Gasteiger partial charge in [-0.25, -0.2) is 4.98 Å². The van der Waals surface area contributed by atoms with E-state index in [1.54, 1.807) is 7.05 Å². The molecule has 0 aliphatic carbocycles. The van der Waals surface area contributed by atoms with Crippen LogP contribution in [0.3, 0.4) is 0 Å². The van der Waals surface area contributed by atoms with E-state index in [0.717, 1.165) is 52.8 Å². The number of hydrogen-bond donors (Lipinski definition) is 3. The summed E-state index contributed by atoms with van der Waals surface area (Å²) in [7, 11) is 1.77. The van der Waals surface area contributed by atoms with Gasteiger partial charge < -0.3 is 15.6 Å². The average Bonchev–Trinajstić information content (AvgIpc) is 3.04. The molecule has 0 fully saturated rings. The lowest BCUT2D eigenvalue weighted by Gasteiger charge is -2.11. The van der Waals surface area contributed by atoms with E-state index in [1.807, 2.05) is 48.5 Å². The van der Waals surface area contributed by atoms with Gasteiger partial charge in [-0.1, -0.05) is 35.9 Å². The van der Waals surface area contributed by atoms with Crippen molar-refractivity contribution in [1.29, 1.82) is 0 Å². The molecule has 3 aromatic rings. The third-order valence-corrected chi connectivity index (χ3v) is 4.13. The topological polar surface area (TPSA) is 65.1 Å². The van der Waals surface area contributed by atoms with E-state index < -0.39 is 0 Å². The number of halogens is 2. The highest BCUT2D eigenvalue weighted by Gasteiger charge is 2.03. The minimum absolute atomic E-state index is 0. The zero-order chi connectivity index (χ0) is 17.5. The molecule has 0 saturated heterocycles. The first-order valence-corrected chi connectivity index (χ1v) is 8.75. The summed E-state index contributed by atoms with van der Waals surface area (Å²) >= 11 is 6.00. The Morgan fingerprint density at radius 3 is 2.77 bits per heavy atom. The summed E-state index contributed by atoms with van der Waals surface area (Å²) < 4.78 is 0. The summed E-state index contributed by atoms with van der Waals surface area (Å²) in [6.07, 6.45) is 1.87. The van der Waals surface area contributed by atoms with E-state index in [0.29, 0.717) is 6.54 Å². The van der Waals surface area contributed by atoms with Crippen molar-refractivity contribution in [2.45, 2.75) is 19.4 Å². The lowest BCUT2D eigenvalue weighted by Crippen LogP contribution is -2.37. The Morgan fingerprint density at radius 2 is 2.00 bits per heavy atom. The largest absolute Gasteiger partial charge is 0.356 e. The Balaban J connectivity index is 0.00000243. The van der Waals surface area contributed by atoms with Gasteiger partial charge in [0.15, 0.2) is 5.96 Å². The molecule has 3 rings (SSSR count). The number of aryl methyl sites for hydroxylation is 1. The lowest BCUT2D eigenvalue weighted by molar-refractivity contribution is 0.726. The number of hydrogen-bond acceptors (Lipinski definition) is 2. The quantitative estimate of drug-likeness (QED) is 0.214. The number of guanidine groups is 1. The molecule has 1 heterocycles. The SMILES string of the molecule is CN=C(NCCCc1nc2ccccc2[nH]1)NCc1cccc(Cl)c1.I. The molecule has 5 nitrogen and oxygen atoms in total. The fourth-order valence-corrected chi connectivity index (χ4v) is 2.85. The fraction of sp³-hybridized carbons (Fsp3) is 0.263. The Bertz CT molecular complexity index is 829. The van der Waals surface area contributed by atoms with E-state index in [9.17, 15) is 0 Å². The standard InChI is InChI=1S/C19H22ClN5.HI/c1-21-19(23-13-14-6-4-7-15(20)12-14)22-11-5-10-18-24-16-8-2-3-9-17(16)25-18;/h2-4,6-9,12H,5,10-11,13H2,1H3,(H,24,25)(H2,21,22,23);1H. The molecule has 138 valence electrons. The molecular weight excluding hydrogens is 461 g/mol. The number of aromatic nitrogens is 2. The fourth-order valence-electron chi connectivity index (χ4n) is 2.64. The van der Waals surface area contributed by atoms with Crippen LogP contribution >= 0.6 is 35.6 Å². The van der Waals surface area contributed by atoms with Gasteiger partial charge in [0, 0.05) is 31.6 Å². The van der Waals surface area contributed by atoms with E-state index in [4.69, 9.17) is 11.6 Å². The van der Waals surface area contributed by atoms with Crippen molar-refractivity contribution in [2.75, 3.05) is 13.6 Å². The minimum Gasteiger partial charge on any atom is -0.356 e. The molecular formula is C19H23ClIN5. The number of rotatable bonds is 6. The van der Waals surface area contributed by atoms with E-state index in [1.165, 1.54) is 0 Å². The van der Waals surface area contributed by atoms with Crippen LogP contribution in [0.5, 0.6) is 0 Å². The number of benzene rings is 2. The van der Waals surface area contributed by atoms with Crippen LogP contribution in [0.4, 0.5) is 0 Å². The maximum atomic E-state index is 6.00. The molecule has 1 aromatic heterocycles. The van der Waals surface area contributed by atoms with Crippen molar-refractivity contribution < 1.29 is 0 Å². The Hall–Kier alpha value is -1.80. The third kappa shape index (κ3) is 5.88. The van der Waals surface area contributed by atoms with E-state index in [-0.39, 0.29) is 24.0 Å². The van der Waals surface area contributed by atoms with Gasteiger partial charge in [-0.15, -0.1) is 24.0 Å². The Labute approximate surface area is 175 Å². The summed E-state index contributed by atoms with van der Waals surface area (Å²) in [5, 5.41) is 7.36. The number of aromatic amines is 1. The number of H-pyrrole nitrogens is 1. The molecule has 0 bridgehead atoms. The van der Waals surface area contributed by atoms with Crippen LogP contribution in [0.25, 0.3) is 11.0 Å². The maximum absolute atomic E-state index is 6.00. The van der Waals surface area contributed by atoms with Crippen LogP contribution in [0, 0.1) is 0 Å². The average molecular weight is 484 g/mol. The number of fused-ring (bicyclic) bond motifs is 1. The van der Waals surface area contributed by atoms with Gasteiger partial charge in [0.1, 0.15) is 5.82 Å². The van der Waals surface area contributed by atoms with Gasteiger partial charge in [-0.05, 0) is 36.2 Å². The van der Waals surface area contributed by atoms with Gasteiger partial charge in [-0.3, -0.25) is 4.99 Å². The summed E-state index contributed by atoms with van der Waals surface area (Å²) in [5.74, 6) is 1.80. The summed E-state index contributed by atoms with van der Waals surface area (Å²) in [6.45, 7) is 1.51. The zero-order valence-electron chi connectivity index (χ0n) is 14.6. The normalized spacial score (nSPS) is 11.2. The summed E-state index contributed by atoms with van der Waals surface area (Å²) in [6, 6.07) is 15.9. The highest BCUT2D eigenvalue weighted by Crippen LogP contribution is 2.11. The monoisotopic (exact) mass is 483 g/mol. The second-order valence-corrected chi connectivity index (χ2v) is 6.22. The van der Waals surface area contributed by atoms with Gasteiger partial charge >= 0.3 is 0 Å². The van der Waals surface area contributed by atoms with Crippen LogP contribution in [0.2, 0.25) is 5.02 Å². The van der Waals surface area contributed by atoms with Gasteiger partial charge in [0.05, 0.1) is 11.0 Å². The number of para-hydroxylation sites is 2. The van der Waals surface area contributed by atoms with Crippen LogP contribution < -0.4 is 10.6 Å². The number of nitrogens with zero attached hydrogens (tertiary/aromatic N) is 2. The molecule has 0 atom stereocenters. The highest BCUT2D eigenvalue weighted by atomic mass is 127. The molecule has 3 N–H and O–H groups in total. The van der Waals surface area contributed by atoms with Crippen LogP contribution in [-0.4, -0.2) is 29.5 Å². The molecule has 0 aliphatic rings. The predicted molar refractivity (Wildman–Crippen MR) is 119 cm³/mol. The van der Waals surface area contributed by atoms with Gasteiger partial charge in [0.25, 0.3) is 0 Å². The van der Waals surface area contributed by atoms with Crippen LogP contribution in [-0.2, 0) is 13.0 Å². The first-order valence-electron chi connectivity index (χ1n) is 8.37. The minimum atomic E-state index is 0. The molecule has 7 heteroatoms. The second kappa shape index (κ2) is 10.4. The lowest BCUT2D eigenvalue weighted by atomic mass is 10.2.